The van der Waals surface area contributed by atoms with Crippen LogP contribution in [0.4, 0.5) is 0 Å². The molecular formula is C14H30Cl2CuN4O8. The van der Waals surface area contributed by atoms with Crippen LogP contribution in [0, 0.1) is 20.5 Å². The Kier molecular flexibility index (Phi) is 17.9. The summed E-state index contributed by atoms with van der Waals surface area (Å²) in [6, 6.07) is 0. The Labute approximate surface area is 186 Å². The van der Waals surface area contributed by atoms with Crippen molar-refractivity contribution < 1.29 is 74.8 Å². The van der Waals surface area contributed by atoms with Crippen molar-refractivity contribution in [2.45, 2.75) is 12.8 Å². The van der Waals surface area contributed by atoms with Crippen molar-refractivity contribution in [1.82, 2.24) is 19.6 Å². The predicted molar refractivity (Wildman–Crippen MR) is 77.1 cm³/mol. The fourth-order valence-corrected chi connectivity index (χ4v) is 2.93. The largest absolute Gasteiger partial charge is 2.00 e. The minimum atomic E-state index is -4.94. The monoisotopic (exact) mass is 515 g/mol. The number of halogens is 2. The zero-order valence-electron chi connectivity index (χ0n) is 16.6. The Hall–Kier alpha value is 0.619. The Morgan fingerprint density at radius 1 is 0.448 bits per heavy atom. The zero-order chi connectivity index (χ0) is 21.8. The molecule has 0 aromatic carbocycles. The number of rotatable bonds is 0. The van der Waals surface area contributed by atoms with Crippen LogP contribution in [0.3, 0.4) is 0 Å². The first-order valence-electron chi connectivity index (χ1n) is 8.79. The molecule has 0 aromatic rings. The van der Waals surface area contributed by atoms with Gasteiger partial charge < -0.3 is 19.6 Å². The van der Waals surface area contributed by atoms with Gasteiger partial charge in [0.25, 0.3) is 0 Å². The summed E-state index contributed by atoms with van der Waals surface area (Å²) in [7, 11) is -5.37. The second kappa shape index (κ2) is 16.3. The number of nitrogens with zero attached hydrogens (tertiary/aromatic N) is 4. The maximum absolute atomic E-state index is 8.49. The van der Waals surface area contributed by atoms with E-state index in [9.17, 15) is 0 Å². The van der Waals surface area contributed by atoms with E-state index in [4.69, 9.17) is 37.3 Å². The minimum absolute atomic E-state index is 0. The summed E-state index contributed by atoms with van der Waals surface area (Å²) < 4.78 is 67.9. The second-order valence-electron chi connectivity index (χ2n) is 6.75. The van der Waals surface area contributed by atoms with Gasteiger partial charge in [-0.3, -0.25) is 0 Å². The maximum atomic E-state index is 8.49. The molecule has 179 valence electrons. The molecule has 12 nitrogen and oxygen atoms in total. The van der Waals surface area contributed by atoms with Gasteiger partial charge in [0.2, 0.25) is 0 Å². The third kappa shape index (κ3) is 26.6. The summed E-state index contributed by atoms with van der Waals surface area (Å²) in [5.74, 6) is 0. The molecule has 3 saturated heterocycles. The molecule has 3 heterocycles. The number of hydrogen-bond donors (Lipinski definition) is 0. The first-order chi connectivity index (χ1) is 12.7. The number of likely N-dealkylation sites (N-methyl/N-ethyl adjacent to an activating group) is 2. The predicted octanol–water partition coefficient (Wildman–Crippen LogP) is -9.25. The second-order valence-corrected chi connectivity index (χ2v) is 8.26. The minimum Gasteiger partial charge on any atom is -0.305 e. The van der Waals surface area contributed by atoms with Gasteiger partial charge in [-0.1, -0.05) is 0 Å². The van der Waals surface area contributed by atoms with Crippen molar-refractivity contribution in [3.63, 3.8) is 0 Å². The molecule has 3 rings (SSSR count). The Balaban J connectivity index is 0. The van der Waals surface area contributed by atoms with Crippen LogP contribution in [0.5, 0.6) is 0 Å². The van der Waals surface area contributed by atoms with E-state index < -0.39 is 20.5 Å². The molecule has 0 N–H and O–H groups in total. The van der Waals surface area contributed by atoms with Crippen molar-refractivity contribution in [1.29, 1.82) is 0 Å². The molecule has 0 aromatic heterocycles. The van der Waals surface area contributed by atoms with E-state index in [1.165, 1.54) is 78.3 Å². The van der Waals surface area contributed by atoms with Crippen LogP contribution in [0.2, 0.25) is 0 Å². The molecule has 0 amide bonds. The van der Waals surface area contributed by atoms with Crippen LogP contribution in [0.15, 0.2) is 0 Å². The molecule has 0 atom stereocenters. The van der Waals surface area contributed by atoms with Crippen LogP contribution in [0.25, 0.3) is 0 Å². The van der Waals surface area contributed by atoms with Crippen molar-refractivity contribution in [3.05, 3.63) is 0 Å². The van der Waals surface area contributed by atoms with Crippen LogP contribution >= 0.6 is 0 Å². The van der Waals surface area contributed by atoms with E-state index >= 15 is 0 Å². The summed E-state index contributed by atoms with van der Waals surface area (Å²) in [6.07, 6.45) is 2.64. The van der Waals surface area contributed by atoms with E-state index in [0.717, 1.165) is 0 Å². The van der Waals surface area contributed by atoms with Gasteiger partial charge in [0.15, 0.2) is 0 Å². The first kappa shape index (κ1) is 31.8. The van der Waals surface area contributed by atoms with Gasteiger partial charge in [-0.05, 0) is 53.1 Å². The third-order valence-electron chi connectivity index (χ3n) is 4.36. The van der Waals surface area contributed by atoms with Crippen molar-refractivity contribution in [2.75, 3.05) is 79.5 Å². The van der Waals surface area contributed by atoms with Gasteiger partial charge in [0.05, 0.1) is 0 Å². The Bertz CT molecular complexity index is 351. The smallest absolute Gasteiger partial charge is 0.305 e. The van der Waals surface area contributed by atoms with Gasteiger partial charge in [0.1, 0.15) is 0 Å². The summed E-state index contributed by atoms with van der Waals surface area (Å²) >= 11 is 0. The average Bonchev–Trinajstić information content (AvgIpc) is 2.51. The topological polar surface area (TPSA) is 197 Å². The molecule has 1 radical (unpaired) electrons. The molecule has 3 aliphatic rings. The molecule has 0 aliphatic carbocycles. The molecule has 0 unspecified atom stereocenters. The van der Waals surface area contributed by atoms with Gasteiger partial charge in [-0.25, -0.2) is 37.3 Å². The summed E-state index contributed by atoms with van der Waals surface area (Å²) in [4.78, 5) is 10.3. The van der Waals surface area contributed by atoms with Gasteiger partial charge in [-0.15, -0.1) is 20.5 Å². The average molecular weight is 517 g/mol. The molecular weight excluding hydrogens is 487 g/mol. The fourth-order valence-electron chi connectivity index (χ4n) is 2.93. The van der Waals surface area contributed by atoms with E-state index in [2.05, 4.69) is 33.7 Å². The molecule has 2 bridgehead atoms. The molecule has 3 aliphatic heterocycles. The zero-order valence-corrected chi connectivity index (χ0v) is 19.1. The SMILES string of the molecule is CN1CCCN2CCN(CCCN(C)CC1)CC2.[Cu+2].[O-][Cl+3]([O-])([O-])[O-].[O-][Cl+3]([O-])([O-])[O-]. The summed E-state index contributed by atoms with van der Waals surface area (Å²) in [6.45, 7) is 12.6. The van der Waals surface area contributed by atoms with E-state index in [1.807, 2.05) is 0 Å². The van der Waals surface area contributed by atoms with Gasteiger partial charge in [-0.2, -0.15) is 0 Å². The van der Waals surface area contributed by atoms with Crippen molar-refractivity contribution >= 4 is 0 Å². The van der Waals surface area contributed by atoms with Crippen molar-refractivity contribution in [2.24, 2.45) is 0 Å². The normalized spacial score (nSPS) is 25.4. The van der Waals surface area contributed by atoms with E-state index in [1.54, 1.807) is 0 Å². The third-order valence-corrected chi connectivity index (χ3v) is 4.36. The molecule has 0 saturated carbocycles. The maximum Gasteiger partial charge on any atom is 2.00 e. The standard InChI is InChI=1S/C14H30N4.2ClHO4.Cu/c1-15-5-3-7-17-11-13-18(14-12-17)8-4-6-16(2)10-9-15;2*2-1(3,4)5;/h3-14H2,1-2H3;2*(H,2,3,4,5);/q;;;+2/p-2. The Morgan fingerprint density at radius 3 is 0.931 bits per heavy atom. The number of hydrogen-bond acceptors (Lipinski definition) is 12. The van der Waals surface area contributed by atoms with Crippen LogP contribution in [0.1, 0.15) is 12.8 Å². The van der Waals surface area contributed by atoms with Crippen molar-refractivity contribution in [3.8, 4) is 0 Å². The first-order valence-corrected chi connectivity index (χ1v) is 11.3. The Morgan fingerprint density at radius 2 is 0.690 bits per heavy atom. The molecule has 29 heavy (non-hydrogen) atoms. The molecule has 0 spiro atoms. The molecule has 15 heteroatoms. The quantitative estimate of drug-likeness (QED) is 0.276. The van der Waals surface area contributed by atoms with Gasteiger partial charge in [0, 0.05) is 39.3 Å². The van der Waals surface area contributed by atoms with Gasteiger partial charge >= 0.3 is 17.1 Å². The van der Waals surface area contributed by atoms with Crippen LogP contribution in [-0.4, -0.2) is 99.1 Å². The van der Waals surface area contributed by atoms with E-state index in [0.29, 0.717) is 0 Å². The summed E-state index contributed by atoms with van der Waals surface area (Å²) in [5, 5.41) is 0. The van der Waals surface area contributed by atoms with Crippen LogP contribution in [-0.2, 0) is 17.1 Å². The van der Waals surface area contributed by atoms with Crippen LogP contribution < -0.4 is 37.3 Å². The number of piperazine rings is 1. The van der Waals surface area contributed by atoms with E-state index in [-0.39, 0.29) is 17.1 Å². The molecule has 3 fully saturated rings. The number of fused-ring (bicyclic) bond motifs is 11. The summed E-state index contributed by atoms with van der Waals surface area (Å²) in [5.41, 5.74) is 0. The fraction of sp³-hybridized carbons (Fsp3) is 1.00.